The molecule has 18 heavy (non-hydrogen) atoms. The normalized spacial score (nSPS) is 16.2. The van der Waals surface area contributed by atoms with Crippen molar-refractivity contribution < 1.29 is 9.53 Å². The van der Waals surface area contributed by atoms with Crippen LogP contribution in [0.15, 0.2) is 24.3 Å². The first-order valence-corrected chi connectivity index (χ1v) is 5.88. The van der Waals surface area contributed by atoms with Crippen molar-refractivity contribution in [2.24, 2.45) is 0 Å². The van der Waals surface area contributed by atoms with Crippen LogP contribution in [0.2, 0.25) is 0 Å². The first-order valence-electron chi connectivity index (χ1n) is 5.88. The number of hydrogen-bond acceptors (Lipinski definition) is 3. The number of likely N-dealkylation sites (tertiary alicyclic amines) is 1. The number of carbonyl (C=O) groups excluding carboxylic acids is 1. The number of methoxy groups -OCH3 is 1. The number of piperidine rings is 1. The van der Waals surface area contributed by atoms with Crippen LogP contribution in [-0.4, -0.2) is 37.1 Å². The second-order valence-corrected chi connectivity index (χ2v) is 4.35. The third-order valence-electron chi connectivity index (χ3n) is 3.20. The highest BCUT2D eigenvalue weighted by atomic mass is 35.5. The van der Waals surface area contributed by atoms with E-state index in [0.29, 0.717) is 17.4 Å². The molecule has 100 valence electrons. The summed E-state index contributed by atoms with van der Waals surface area (Å²) in [5, 5.41) is 0. The first-order chi connectivity index (χ1) is 8.20. The van der Waals surface area contributed by atoms with E-state index in [-0.39, 0.29) is 18.3 Å². The van der Waals surface area contributed by atoms with Gasteiger partial charge in [0.15, 0.2) is 0 Å². The number of rotatable bonds is 2. The first kappa shape index (κ1) is 14.8. The third kappa shape index (κ3) is 3.37. The number of hydrogen-bond donors (Lipinski definition) is 1. The van der Waals surface area contributed by atoms with Gasteiger partial charge in [-0.25, -0.2) is 0 Å². The molecule has 0 aromatic heterocycles. The largest absolute Gasteiger partial charge is 0.399 e. The maximum Gasteiger partial charge on any atom is 0.253 e. The summed E-state index contributed by atoms with van der Waals surface area (Å²) in [6, 6.07) is 7.13. The van der Waals surface area contributed by atoms with E-state index in [9.17, 15) is 4.79 Å². The molecule has 0 aliphatic carbocycles. The zero-order valence-electron chi connectivity index (χ0n) is 10.5. The summed E-state index contributed by atoms with van der Waals surface area (Å²) >= 11 is 0. The Morgan fingerprint density at radius 1 is 1.39 bits per heavy atom. The highest BCUT2D eigenvalue weighted by Gasteiger charge is 2.23. The molecule has 1 amide bonds. The minimum atomic E-state index is 0. The maximum atomic E-state index is 12.2. The summed E-state index contributed by atoms with van der Waals surface area (Å²) in [5.41, 5.74) is 6.97. The van der Waals surface area contributed by atoms with Gasteiger partial charge < -0.3 is 15.4 Å². The number of nitrogen functional groups attached to an aromatic ring is 1. The predicted octanol–water partition coefficient (Wildman–Crippen LogP) is 1.94. The van der Waals surface area contributed by atoms with Crippen LogP contribution < -0.4 is 5.73 Å². The van der Waals surface area contributed by atoms with Crippen LogP contribution in [0.3, 0.4) is 0 Å². The van der Waals surface area contributed by atoms with Gasteiger partial charge in [-0.1, -0.05) is 6.07 Å². The fourth-order valence-corrected chi connectivity index (χ4v) is 2.15. The number of amides is 1. The Balaban J connectivity index is 0.00000162. The molecule has 5 heteroatoms. The predicted molar refractivity (Wildman–Crippen MR) is 74.0 cm³/mol. The molecule has 2 N–H and O–H groups in total. The van der Waals surface area contributed by atoms with Crippen LogP contribution in [-0.2, 0) is 4.74 Å². The van der Waals surface area contributed by atoms with Crippen LogP contribution >= 0.6 is 12.4 Å². The fourth-order valence-electron chi connectivity index (χ4n) is 2.15. The number of halogens is 1. The molecule has 1 aliphatic heterocycles. The second kappa shape index (κ2) is 6.61. The van der Waals surface area contributed by atoms with Crippen molar-refractivity contribution in [1.29, 1.82) is 0 Å². The van der Waals surface area contributed by atoms with Crippen molar-refractivity contribution in [3.05, 3.63) is 29.8 Å². The maximum absolute atomic E-state index is 12.2. The SMILES string of the molecule is COC1CCN(C(=O)c2cccc(N)c2)CC1.Cl. The van der Waals surface area contributed by atoms with Crippen LogP contribution in [0.4, 0.5) is 5.69 Å². The van der Waals surface area contributed by atoms with Gasteiger partial charge in [0.1, 0.15) is 0 Å². The Morgan fingerprint density at radius 2 is 2.06 bits per heavy atom. The minimum absolute atomic E-state index is 0. The summed E-state index contributed by atoms with van der Waals surface area (Å²) in [7, 11) is 1.72. The van der Waals surface area contributed by atoms with E-state index in [1.807, 2.05) is 11.0 Å². The molecular weight excluding hydrogens is 252 g/mol. The number of anilines is 1. The molecular formula is C13H19ClN2O2. The number of ether oxygens (including phenoxy) is 1. The molecule has 1 heterocycles. The van der Waals surface area contributed by atoms with Crippen molar-refractivity contribution in [2.75, 3.05) is 25.9 Å². The Bertz CT molecular complexity index is 404. The summed E-state index contributed by atoms with van der Waals surface area (Å²) in [4.78, 5) is 14.0. The van der Waals surface area contributed by atoms with Crippen LogP contribution in [0.25, 0.3) is 0 Å². The number of benzene rings is 1. The van der Waals surface area contributed by atoms with E-state index in [0.717, 1.165) is 25.9 Å². The van der Waals surface area contributed by atoms with Crippen LogP contribution in [0.5, 0.6) is 0 Å². The number of carbonyl (C=O) groups is 1. The van der Waals surface area contributed by atoms with Crippen molar-refractivity contribution in [3.63, 3.8) is 0 Å². The standard InChI is InChI=1S/C13H18N2O2.ClH/c1-17-12-5-7-15(8-6-12)13(16)10-3-2-4-11(14)9-10;/h2-4,9,12H,5-8,14H2,1H3;1H. The monoisotopic (exact) mass is 270 g/mol. The molecule has 2 rings (SSSR count). The lowest BCUT2D eigenvalue weighted by molar-refractivity contribution is 0.0351. The summed E-state index contributed by atoms with van der Waals surface area (Å²) in [6.45, 7) is 1.51. The third-order valence-corrected chi connectivity index (χ3v) is 3.20. The molecule has 0 atom stereocenters. The zero-order chi connectivity index (χ0) is 12.3. The van der Waals surface area contributed by atoms with Gasteiger partial charge >= 0.3 is 0 Å². The van der Waals surface area contributed by atoms with Crippen molar-refractivity contribution in [2.45, 2.75) is 18.9 Å². The molecule has 0 unspecified atom stereocenters. The molecule has 0 saturated carbocycles. The molecule has 1 fully saturated rings. The topological polar surface area (TPSA) is 55.6 Å². The lowest BCUT2D eigenvalue weighted by atomic mass is 10.1. The van der Waals surface area contributed by atoms with Gasteiger partial charge in [-0.15, -0.1) is 12.4 Å². The highest BCUT2D eigenvalue weighted by molar-refractivity contribution is 5.95. The van der Waals surface area contributed by atoms with E-state index in [4.69, 9.17) is 10.5 Å². The molecule has 0 bridgehead atoms. The van der Waals surface area contributed by atoms with E-state index in [1.54, 1.807) is 25.3 Å². The summed E-state index contributed by atoms with van der Waals surface area (Å²) in [5.74, 6) is 0.0619. The summed E-state index contributed by atoms with van der Waals surface area (Å²) < 4.78 is 5.29. The summed E-state index contributed by atoms with van der Waals surface area (Å²) in [6.07, 6.45) is 2.11. The van der Waals surface area contributed by atoms with Gasteiger partial charge in [-0.2, -0.15) is 0 Å². The molecule has 0 radical (unpaired) electrons. The van der Waals surface area contributed by atoms with E-state index >= 15 is 0 Å². The van der Waals surface area contributed by atoms with Gasteiger partial charge in [0.05, 0.1) is 6.10 Å². The second-order valence-electron chi connectivity index (χ2n) is 4.35. The molecule has 4 nitrogen and oxygen atoms in total. The van der Waals surface area contributed by atoms with Gasteiger partial charge in [0.2, 0.25) is 0 Å². The van der Waals surface area contributed by atoms with Gasteiger partial charge in [-0.3, -0.25) is 4.79 Å². The minimum Gasteiger partial charge on any atom is -0.399 e. The van der Waals surface area contributed by atoms with Gasteiger partial charge in [0.25, 0.3) is 5.91 Å². The van der Waals surface area contributed by atoms with E-state index < -0.39 is 0 Å². The van der Waals surface area contributed by atoms with Gasteiger partial charge in [0, 0.05) is 31.5 Å². The Morgan fingerprint density at radius 3 is 2.61 bits per heavy atom. The number of nitrogens with two attached hydrogens (primary N) is 1. The van der Waals surface area contributed by atoms with Crippen molar-refractivity contribution >= 4 is 24.0 Å². The zero-order valence-corrected chi connectivity index (χ0v) is 11.3. The number of nitrogens with zero attached hydrogens (tertiary/aromatic N) is 1. The highest BCUT2D eigenvalue weighted by Crippen LogP contribution is 2.16. The van der Waals surface area contributed by atoms with E-state index in [1.165, 1.54) is 0 Å². The van der Waals surface area contributed by atoms with Crippen molar-refractivity contribution in [3.8, 4) is 0 Å². The Kier molecular flexibility index (Phi) is 5.44. The Labute approximate surface area is 114 Å². The molecule has 1 saturated heterocycles. The lowest BCUT2D eigenvalue weighted by Gasteiger charge is -2.31. The quantitative estimate of drug-likeness (QED) is 0.836. The molecule has 1 aromatic carbocycles. The van der Waals surface area contributed by atoms with Gasteiger partial charge in [-0.05, 0) is 31.0 Å². The molecule has 1 aliphatic rings. The molecule has 1 aromatic rings. The van der Waals surface area contributed by atoms with Crippen LogP contribution in [0.1, 0.15) is 23.2 Å². The lowest BCUT2D eigenvalue weighted by Crippen LogP contribution is -2.40. The van der Waals surface area contributed by atoms with E-state index in [2.05, 4.69) is 0 Å². The average Bonchev–Trinajstić information content (AvgIpc) is 2.38. The smallest absolute Gasteiger partial charge is 0.253 e. The average molecular weight is 271 g/mol. The fraction of sp³-hybridized carbons (Fsp3) is 0.462. The molecule has 0 spiro atoms. The Hall–Kier alpha value is -1.26. The van der Waals surface area contributed by atoms with Crippen LogP contribution in [0, 0.1) is 0 Å². The van der Waals surface area contributed by atoms with Crippen molar-refractivity contribution in [1.82, 2.24) is 4.90 Å².